The summed E-state index contributed by atoms with van der Waals surface area (Å²) in [6.45, 7) is 0.767. The maximum Gasteiger partial charge on any atom is 0.328 e. The van der Waals surface area contributed by atoms with Crippen molar-refractivity contribution in [3.05, 3.63) is 114 Å². The van der Waals surface area contributed by atoms with E-state index in [0.717, 1.165) is 23.0 Å². The molecule has 31 heavy (non-hydrogen) atoms. The van der Waals surface area contributed by atoms with Crippen molar-refractivity contribution in [2.24, 2.45) is 0 Å². The number of nitrogens with zero attached hydrogens (tertiary/aromatic N) is 1. The Kier molecular flexibility index (Phi) is 4.85. The van der Waals surface area contributed by atoms with Crippen LogP contribution in [0.25, 0.3) is 39.0 Å². The van der Waals surface area contributed by atoms with Crippen LogP contribution in [0.2, 0.25) is 0 Å². The Morgan fingerprint density at radius 1 is 0.742 bits per heavy atom. The topological polar surface area (TPSA) is 42.2 Å². The third kappa shape index (κ3) is 3.74. The Morgan fingerprint density at radius 3 is 2.19 bits per heavy atom. The Bertz CT molecular complexity index is 1410. The minimum Gasteiger partial charge on any atom is -0.478 e. The first kappa shape index (κ1) is 18.9. The van der Waals surface area contributed by atoms with Crippen LogP contribution in [0.15, 0.2) is 103 Å². The van der Waals surface area contributed by atoms with Gasteiger partial charge in [-0.1, -0.05) is 78.9 Å². The van der Waals surface area contributed by atoms with Crippen LogP contribution in [0, 0.1) is 0 Å². The molecule has 0 unspecified atom stereocenters. The van der Waals surface area contributed by atoms with E-state index in [9.17, 15) is 4.79 Å². The second kappa shape index (κ2) is 7.96. The molecule has 0 saturated carbocycles. The number of para-hydroxylation sites is 1. The second-order valence-corrected chi connectivity index (χ2v) is 7.61. The van der Waals surface area contributed by atoms with Crippen molar-refractivity contribution >= 4 is 33.9 Å². The molecule has 0 atom stereocenters. The molecule has 3 heteroatoms. The van der Waals surface area contributed by atoms with Gasteiger partial charge in [0.25, 0.3) is 0 Å². The van der Waals surface area contributed by atoms with E-state index in [4.69, 9.17) is 5.11 Å². The highest BCUT2D eigenvalue weighted by Crippen LogP contribution is 2.31. The van der Waals surface area contributed by atoms with Crippen molar-refractivity contribution in [2.75, 3.05) is 0 Å². The van der Waals surface area contributed by atoms with Crippen molar-refractivity contribution in [2.45, 2.75) is 6.54 Å². The van der Waals surface area contributed by atoms with E-state index in [0.29, 0.717) is 0 Å². The van der Waals surface area contributed by atoms with Crippen molar-refractivity contribution in [1.29, 1.82) is 0 Å². The Labute approximate surface area is 180 Å². The monoisotopic (exact) mass is 403 g/mol. The fraction of sp³-hybridized carbons (Fsp3) is 0.0357. The van der Waals surface area contributed by atoms with Gasteiger partial charge < -0.3 is 9.67 Å². The zero-order valence-corrected chi connectivity index (χ0v) is 16.9. The molecule has 150 valence electrons. The lowest BCUT2D eigenvalue weighted by Gasteiger charge is -2.09. The van der Waals surface area contributed by atoms with Gasteiger partial charge in [-0.05, 0) is 46.5 Å². The highest BCUT2D eigenvalue weighted by Gasteiger charge is 2.11. The number of carbonyl (C=O) groups is 1. The third-order valence-corrected chi connectivity index (χ3v) is 5.62. The van der Waals surface area contributed by atoms with E-state index < -0.39 is 5.97 Å². The van der Waals surface area contributed by atoms with Crippen LogP contribution >= 0.6 is 0 Å². The minimum atomic E-state index is -0.943. The number of aliphatic carboxylic acids is 1. The molecule has 0 bridgehead atoms. The fourth-order valence-electron chi connectivity index (χ4n) is 4.13. The molecule has 5 aromatic rings. The van der Waals surface area contributed by atoms with E-state index in [-0.39, 0.29) is 0 Å². The summed E-state index contributed by atoms with van der Waals surface area (Å²) in [5.74, 6) is -0.943. The number of carboxylic acid groups (broad SMARTS) is 1. The van der Waals surface area contributed by atoms with Crippen LogP contribution in [0.5, 0.6) is 0 Å². The van der Waals surface area contributed by atoms with E-state index in [1.807, 2.05) is 18.2 Å². The highest BCUT2D eigenvalue weighted by molar-refractivity contribution is 6.08. The van der Waals surface area contributed by atoms with Gasteiger partial charge in [-0.2, -0.15) is 0 Å². The Hall–Kier alpha value is -4.11. The van der Waals surface area contributed by atoms with Gasteiger partial charge in [-0.15, -0.1) is 0 Å². The smallest absolute Gasteiger partial charge is 0.328 e. The van der Waals surface area contributed by atoms with E-state index in [1.54, 1.807) is 6.08 Å². The molecule has 1 aromatic heterocycles. The van der Waals surface area contributed by atoms with Gasteiger partial charge in [0.15, 0.2) is 0 Å². The summed E-state index contributed by atoms with van der Waals surface area (Å²) < 4.78 is 2.33. The molecular formula is C28H21NO2. The van der Waals surface area contributed by atoms with Gasteiger partial charge in [-0.25, -0.2) is 4.79 Å². The van der Waals surface area contributed by atoms with Gasteiger partial charge in [0.2, 0.25) is 0 Å². The maximum absolute atomic E-state index is 10.9. The molecule has 0 radical (unpaired) electrons. The number of hydrogen-bond donors (Lipinski definition) is 1. The summed E-state index contributed by atoms with van der Waals surface area (Å²) in [4.78, 5) is 10.9. The van der Waals surface area contributed by atoms with Crippen molar-refractivity contribution in [1.82, 2.24) is 4.57 Å². The van der Waals surface area contributed by atoms with Crippen LogP contribution in [0.4, 0.5) is 0 Å². The lowest BCUT2D eigenvalue weighted by atomic mass is 10.0. The number of benzene rings is 4. The van der Waals surface area contributed by atoms with Gasteiger partial charge in [0, 0.05) is 34.4 Å². The quantitative estimate of drug-likeness (QED) is 0.336. The number of rotatable bonds is 5. The largest absolute Gasteiger partial charge is 0.478 e. The molecule has 0 amide bonds. The molecule has 0 aliphatic carbocycles. The Morgan fingerprint density at radius 2 is 1.42 bits per heavy atom. The number of hydrogen-bond acceptors (Lipinski definition) is 1. The summed E-state index contributed by atoms with van der Waals surface area (Å²) in [5.41, 5.74) is 6.85. The molecule has 4 aromatic carbocycles. The van der Waals surface area contributed by atoms with Crippen LogP contribution in [0.1, 0.15) is 11.1 Å². The molecular weight excluding hydrogens is 382 g/mol. The molecule has 1 N–H and O–H groups in total. The molecule has 0 aliphatic heterocycles. The van der Waals surface area contributed by atoms with Crippen molar-refractivity contribution < 1.29 is 9.90 Å². The second-order valence-electron chi connectivity index (χ2n) is 7.61. The van der Waals surface area contributed by atoms with E-state index >= 15 is 0 Å². The Balaban J connectivity index is 1.55. The minimum absolute atomic E-state index is 0.767. The van der Waals surface area contributed by atoms with E-state index in [2.05, 4.69) is 83.4 Å². The zero-order valence-electron chi connectivity index (χ0n) is 16.9. The first-order valence-electron chi connectivity index (χ1n) is 10.3. The standard InChI is InChI=1S/C28H21NO2/c30-28(31)17-13-20-12-16-27-25(18-20)24-8-4-5-9-26(24)29(27)19-21-10-14-23(15-11-21)22-6-2-1-3-7-22/h1-18H,19H2,(H,30,31). The highest BCUT2D eigenvalue weighted by atomic mass is 16.4. The molecule has 5 rings (SSSR count). The lowest BCUT2D eigenvalue weighted by Crippen LogP contribution is -1.99. The van der Waals surface area contributed by atoms with Crippen molar-refractivity contribution in [3.63, 3.8) is 0 Å². The number of carboxylic acids is 1. The van der Waals surface area contributed by atoms with Gasteiger partial charge in [0.05, 0.1) is 0 Å². The van der Waals surface area contributed by atoms with Gasteiger partial charge in [-0.3, -0.25) is 0 Å². The average molecular weight is 403 g/mol. The number of aromatic nitrogens is 1. The van der Waals surface area contributed by atoms with Crippen molar-refractivity contribution in [3.8, 4) is 11.1 Å². The van der Waals surface area contributed by atoms with Crippen LogP contribution < -0.4 is 0 Å². The third-order valence-electron chi connectivity index (χ3n) is 5.62. The van der Waals surface area contributed by atoms with E-state index in [1.165, 1.54) is 33.7 Å². The fourth-order valence-corrected chi connectivity index (χ4v) is 4.13. The van der Waals surface area contributed by atoms with Gasteiger partial charge in [0.1, 0.15) is 0 Å². The molecule has 0 saturated heterocycles. The number of fused-ring (bicyclic) bond motifs is 3. The first-order valence-corrected chi connectivity index (χ1v) is 10.3. The molecule has 0 aliphatic rings. The van der Waals surface area contributed by atoms with Crippen LogP contribution in [-0.2, 0) is 11.3 Å². The SMILES string of the molecule is O=C(O)C=Cc1ccc2c(c1)c1ccccc1n2Cc1ccc(-c2ccccc2)cc1. The lowest BCUT2D eigenvalue weighted by molar-refractivity contribution is -0.131. The van der Waals surface area contributed by atoms with Crippen LogP contribution in [-0.4, -0.2) is 15.6 Å². The molecule has 1 heterocycles. The summed E-state index contributed by atoms with van der Waals surface area (Å²) in [7, 11) is 0. The summed E-state index contributed by atoms with van der Waals surface area (Å²) in [5, 5.41) is 11.2. The maximum atomic E-state index is 10.9. The predicted molar refractivity (Wildman–Crippen MR) is 127 cm³/mol. The average Bonchev–Trinajstić information content (AvgIpc) is 3.12. The molecule has 0 spiro atoms. The summed E-state index contributed by atoms with van der Waals surface area (Å²) in [6.07, 6.45) is 2.81. The normalized spacial score (nSPS) is 11.5. The zero-order chi connectivity index (χ0) is 21.2. The molecule has 3 nitrogen and oxygen atoms in total. The van der Waals surface area contributed by atoms with Crippen LogP contribution in [0.3, 0.4) is 0 Å². The molecule has 0 fully saturated rings. The van der Waals surface area contributed by atoms with Gasteiger partial charge >= 0.3 is 5.97 Å². The first-order chi connectivity index (χ1) is 15.2. The summed E-state index contributed by atoms with van der Waals surface area (Å²) in [6, 6.07) is 33.6. The summed E-state index contributed by atoms with van der Waals surface area (Å²) >= 11 is 0. The predicted octanol–water partition coefficient (Wildman–Crippen LogP) is 6.61.